The molecule has 0 saturated carbocycles. The van der Waals surface area contributed by atoms with Gasteiger partial charge in [-0.1, -0.05) is 35.9 Å². The first-order valence-corrected chi connectivity index (χ1v) is 11.7. The van der Waals surface area contributed by atoms with Crippen LogP contribution in [0.4, 0.5) is 5.82 Å². The summed E-state index contributed by atoms with van der Waals surface area (Å²) in [5.41, 5.74) is 5.95. The first-order valence-electron chi connectivity index (χ1n) is 11.7. The van der Waals surface area contributed by atoms with Crippen LogP contribution in [0.2, 0.25) is 0 Å². The zero-order valence-corrected chi connectivity index (χ0v) is 20.3. The zero-order valence-electron chi connectivity index (χ0n) is 20.3. The average molecular weight is 447 g/mol. The summed E-state index contributed by atoms with van der Waals surface area (Å²) in [6, 6.07) is 13.2. The van der Waals surface area contributed by atoms with Crippen molar-refractivity contribution in [1.29, 1.82) is 0 Å². The molecule has 1 aliphatic heterocycles. The molecule has 174 valence electrons. The van der Waals surface area contributed by atoms with Crippen LogP contribution in [-0.4, -0.2) is 47.6 Å². The molecule has 1 aliphatic rings. The minimum Gasteiger partial charge on any atom is -0.375 e. The Hall–Kier alpha value is -2.99. The number of benzene rings is 2. The van der Waals surface area contributed by atoms with E-state index < -0.39 is 0 Å². The van der Waals surface area contributed by atoms with Crippen LogP contribution in [-0.2, 0) is 9.53 Å². The van der Waals surface area contributed by atoms with Crippen LogP contribution in [0.1, 0.15) is 59.8 Å². The summed E-state index contributed by atoms with van der Waals surface area (Å²) in [5.74, 6) is 2.14. The van der Waals surface area contributed by atoms with Gasteiger partial charge in [-0.15, -0.1) is 0 Å². The van der Waals surface area contributed by atoms with Crippen molar-refractivity contribution in [2.75, 3.05) is 32.1 Å². The largest absolute Gasteiger partial charge is 0.375 e. The molecule has 0 radical (unpaired) electrons. The summed E-state index contributed by atoms with van der Waals surface area (Å²) >= 11 is 0. The minimum atomic E-state index is 0.0751. The molecule has 1 N–H and O–H groups in total. The second-order valence-corrected chi connectivity index (χ2v) is 9.22. The van der Waals surface area contributed by atoms with Crippen LogP contribution >= 0.6 is 0 Å². The van der Waals surface area contributed by atoms with Crippen LogP contribution in [0, 0.1) is 20.8 Å². The fourth-order valence-corrected chi connectivity index (χ4v) is 4.80. The van der Waals surface area contributed by atoms with Gasteiger partial charge in [0, 0.05) is 31.6 Å². The molecule has 1 amide bonds. The lowest BCUT2D eigenvalue weighted by molar-refractivity contribution is -0.136. The Labute approximate surface area is 196 Å². The number of ether oxygens (including phenoxy) is 1. The van der Waals surface area contributed by atoms with Crippen molar-refractivity contribution < 1.29 is 9.53 Å². The Bertz CT molecular complexity index is 1150. The number of carbonyl (C=O) groups is 1. The number of aromatic nitrogens is 2. The Balaban J connectivity index is 1.62. The monoisotopic (exact) mass is 446 g/mol. The number of anilines is 1. The molecule has 2 aromatic carbocycles. The van der Waals surface area contributed by atoms with Crippen LogP contribution in [0.5, 0.6) is 0 Å². The molecule has 6 nitrogen and oxygen atoms in total. The van der Waals surface area contributed by atoms with E-state index in [1.165, 1.54) is 16.7 Å². The standard InChI is InChI=1S/C27H34N4O2/c1-17-7-6-8-22(13-17)19(3)28-27-24-15-23(14-18(2)26(24)29-20(4)30-27)21-9-11-31(12-10-21)25(32)16-33-5/h6-8,13-15,19,21H,9-12,16H2,1-5H3,(H,28,29,30)/t19-/m0/s1. The lowest BCUT2D eigenvalue weighted by Crippen LogP contribution is -2.39. The van der Waals surface area contributed by atoms with Gasteiger partial charge >= 0.3 is 0 Å². The first kappa shape index (κ1) is 23.2. The van der Waals surface area contributed by atoms with Gasteiger partial charge < -0.3 is 15.0 Å². The molecule has 0 bridgehead atoms. The number of nitrogens with one attached hydrogen (secondary N) is 1. The van der Waals surface area contributed by atoms with Gasteiger partial charge in [0.15, 0.2) is 0 Å². The van der Waals surface area contributed by atoms with E-state index in [-0.39, 0.29) is 18.6 Å². The Morgan fingerprint density at radius 3 is 2.61 bits per heavy atom. The lowest BCUT2D eigenvalue weighted by Gasteiger charge is -2.32. The van der Waals surface area contributed by atoms with Gasteiger partial charge in [-0.2, -0.15) is 0 Å². The van der Waals surface area contributed by atoms with Gasteiger partial charge in [-0.05, 0) is 69.2 Å². The Morgan fingerprint density at radius 1 is 1.15 bits per heavy atom. The molecule has 6 heteroatoms. The van der Waals surface area contributed by atoms with Crippen molar-refractivity contribution in [3.05, 3.63) is 64.5 Å². The molecule has 1 saturated heterocycles. The molecule has 1 aromatic heterocycles. The summed E-state index contributed by atoms with van der Waals surface area (Å²) < 4.78 is 5.01. The number of aryl methyl sites for hydroxylation is 3. The molecular weight excluding hydrogens is 412 g/mol. The third-order valence-electron chi connectivity index (χ3n) is 6.61. The van der Waals surface area contributed by atoms with E-state index in [0.29, 0.717) is 5.92 Å². The number of nitrogens with zero attached hydrogens (tertiary/aromatic N) is 3. The summed E-state index contributed by atoms with van der Waals surface area (Å²) in [7, 11) is 1.57. The van der Waals surface area contributed by atoms with Crippen molar-refractivity contribution in [2.45, 2.75) is 52.5 Å². The van der Waals surface area contributed by atoms with Crippen LogP contribution in [0.25, 0.3) is 10.9 Å². The highest BCUT2D eigenvalue weighted by molar-refractivity contribution is 5.92. The van der Waals surface area contributed by atoms with Crippen LogP contribution in [0.15, 0.2) is 36.4 Å². The molecule has 0 spiro atoms. The summed E-state index contributed by atoms with van der Waals surface area (Å²) in [6.45, 7) is 10.1. The number of amides is 1. The van der Waals surface area contributed by atoms with Crippen LogP contribution in [0.3, 0.4) is 0 Å². The van der Waals surface area contributed by atoms with E-state index >= 15 is 0 Å². The number of hydrogen-bond donors (Lipinski definition) is 1. The molecule has 1 fully saturated rings. The number of rotatable bonds is 6. The number of hydrogen-bond acceptors (Lipinski definition) is 5. The van der Waals surface area contributed by atoms with E-state index in [0.717, 1.165) is 54.0 Å². The maximum atomic E-state index is 12.2. The fraction of sp³-hybridized carbons (Fsp3) is 0.444. The Morgan fingerprint density at radius 2 is 1.91 bits per heavy atom. The molecule has 1 atom stereocenters. The van der Waals surface area contributed by atoms with Gasteiger partial charge in [0.25, 0.3) is 0 Å². The third-order valence-corrected chi connectivity index (χ3v) is 6.61. The van der Waals surface area contributed by atoms with Gasteiger partial charge in [0.2, 0.25) is 5.91 Å². The average Bonchev–Trinajstić information content (AvgIpc) is 2.80. The number of fused-ring (bicyclic) bond motifs is 1. The molecule has 3 aromatic rings. The van der Waals surface area contributed by atoms with E-state index in [1.54, 1.807) is 7.11 Å². The summed E-state index contributed by atoms with van der Waals surface area (Å²) in [5, 5.41) is 4.71. The number of likely N-dealkylation sites (tertiary alicyclic amines) is 1. The number of carbonyl (C=O) groups excluding carboxylic acids is 1. The topological polar surface area (TPSA) is 67.3 Å². The highest BCUT2D eigenvalue weighted by Gasteiger charge is 2.25. The van der Waals surface area contributed by atoms with Crippen molar-refractivity contribution in [2.24, 2.45) is 0 Å². The predicted octanol–water partition coefficient (Wildman–Crippen LogP) is 5.08. The van der Waals surface area contributed by atoms with Gasteiger partial charge in [-0.25, -0.2) is 9.97 Å². The summed E-state index contributed by atoms with van der Waals surface area (Å²) in [6.07, 6.45) is 1.91. The SMILES string of the molecule is COCC(=O)N1CCC(c2cc(C)c3nc(C)nc(N[C@@H](C)c4cccc(C)c4)c3c2)CC1. The molecular formula is C27H34N4O2. The minimum absolute atomic E-state index is 0.0751. The molecule has 0 unspecified atom stereocenters. The van der Waals surface area contributed by atoms with Crippen molar-refractivity contribution in [1.82, 2.24) is 14.9 Å². The summed E-state index contributed by atoms with van der Waals surface area (Å²) in [4.78, 5) is 23.6. The fourth-order valence-electron chi connectivity index (χ4n) is 4.80. The van der Waals surface area contributed by atoms with E-state index in [1.807, 2.05) is 11.8 Å². The maximum absolute atomic E-state index is 12.2. The highest BCUT2D eigenvalue weighted by atomic mass is 16.5. The molecule has 4 rings (SSSR count). The van der Waals surface area contributed by atoms with E-state index in [2.05, 4.69) is 62.5 Å². The lowest BCUT2D eigenvalue weighted by atomic mass is 9.87. The smallest absolute Gasteiger partial charge is 0.248 e. The maximum Gasteiger partial charge on any atom is 0.248 e. The van der Waals surface area contributed by atoms with Gasteiger partial charge in [0.05, 0.1) is 5.52 Å². The second kappa shape index (κ2) is 9.87. The predicted molar refractivity (Wildman–Crippen MR) is 133 cm³/mol. The zero-order chi connectivity index (χ0) is 23.5. The third kappa shape index (κ3) is 5.17. The molecule has 0 aliphatic carbocycles. The van der Waals surface area contributed by atoms with Gasteiger partial charge in [0.1, 0.15) is 18.2 Å². The van der Waals surface area contributed by atoms with Crippen molar-refractivity contribution in [3.63, 3.8) is 0 Å². The first-order chi connectivity index (χ1) is 15.9. The van der Waals surface area contributed by atoms with Crippen molar-refractivity contribution >= 4 is 22.6 Å². The molecule has 2 heterocycles. The number of methoxy groups -OCH3 is 1. The number of piperidine rings is 1. The normalized spacial score (nSPS) is 15.6. The van der Waals surface area contributed by atoms with E-state index in [4.69, 9.17) is 14.7 Å². The molecule has 33 heavy (non-hydrogen) atoms. The quantitative estimate of drug-likeness (QED) is 0.572. The van der Waals surface area contributed by atoms with Crippen molar-refractivity contribution in [3.8, 4) is 0 Å². The van der Waals surface area contributed by atoms with Crippen LogP contribution < -0.4 is 5.32 Å². The van der Waals surface area contributed by atoms with Gasteiger partial charge in [-0.3, -0.25) is 4.79 Å². The Kier molecular flexibility index (Phi) is 6.94. The second-order valence-electron chi connectivity index (χ2n) is 9.22. The highest BCUT2D eigenvalue weighted by Crippen LogP contribution is 2.34. The van der Waals surface area contributed by atoms with E-state index in [9.17, 15) is 4.79 Å².